The smallest absolute Gasteiger partial charge is 0.252 e. The van der Waals surface area contributed by atoms with Crippen LogP contribution in [0, 0.1) is 5.82 Å². The molecule has 1 heterocycles. The SMILES string of the molecule is COCCCNC(=O)c1cnc2c(F)cccc2c1. The number of nitrogens with zero attached hydrogens (tertiary/aromatic N) is 1. The van der Waals surface area contributed by atoms with Crippen molar-refractivity contribution < 1.29 is 13.9 Å². The lowest BCUT2D eigenvalue weighted by atomic mass is 10.1. The van der Waals surface area contributed by atoms with Crippen LogP contribution in [0.15, 0.2) is 30.5 Å². The maximum absolute atomic E-state index is 13.4. The number of carbonyl (C=O) groups excluding carboxylic acids is 1. The van der Waals surface area contributed by atoms with Gasteiger partial charge in [-0.2, -0.15) is 0 Å². The fourth-order valence-electron chi connectivity index (χ4n) is 1.77. The van der Waals surface area contributed by atoms with Crippen LogP contribution in [0.4, 0.5) is 4.39 Å². The molecule has 0 radical (unpaired) electrons. The molecule has 1 aromatic heterocycles. The number of hydrogen-bond donors (Lipinski definition) is 1. The summed E-state index contributed by atoms with van der Waals surface area (Å²) in [6.45, 7) is 1.13. The number of hydrogen-bond acceptors (Lipinski definition) is 3. The van der Waals surface area contributed by atoms with E-state index in [-0.39, 0.29) is 17.2 Å². The molecular weight excluding hydrogens is 247 g/mol. The van der Waals surface area contributed by atoms with Gasteiger partial charge in [0.1, 0.15) is 11.3 Å². The first-order valence-electron chi connectivity index (χ1n) is 6.04. The van der Waals surface area contributed by atoms with Gasteiger partial charge in [-0.1, -0.05) is 12.1 Å². The van der Waals surface area contributed by atoms with E-state index in [9.17, 15) is 9.18 Å². The molecule has 100 valence electrons. The Kier molecular flexibility index (Phi) is 4.41. The number of aromatic nitrogens is 1. The highest BCUT2D eigenvalue weighted by molar-refractivity contribution is 5.97. The van der Waals surface area contributed by atoms with E-state index in [2.05, 4.69) is 10.3 Å². The average Bonchev–Trinajstić information content (AvgIpc) is 2.43. The van der Waals surface area contributed by atoms with Gasteiger partial charge in [0.25, 0.3) is 5.91 Å². The third-order valence-electron chi connectivity index (χ3n) is 2.73. The first kappa shape index (κ1) is 13.4. The minimum absolute atomic E-state index is 0.213. The summed E-state index contributed by atoms with van der Waals surface area (Å²) in [6.07, 6.45) is 2.13. The summed E-state index contributed by atoms with van der Waals surface area (Å²) in [5.74, 6) is -0.598. The van der Waals surface area contributed by atoms with Crippen LogP contribution in [0.2, 0.25) is 0 Å². The fraction of sp³-hybridized carbons (Fsp3) is 0.286. The van der Waals surface area contributed by atoms with Gasteiger partial charge < -0.3 is 10.1 Å². The third kappa shape index (κ3) is 3.26. The van der Waals surface area contributed by atoms with Crippen LogP contribution in [0.3, 0.4) is 0 Å². The summed E-state index contributed by atoms with van der Waals surface area (Å²) in [7, 11) is 1.61. The van der Waals surface area contributed by atoms with Crippen molar-refractivity contribution in [3.05, 3.63) is 41.8 Å². The highest BCUT2D eigenvalue weighted by Gasteiger charge is 2.08. The number of pyridine rings is 1. The molecule has 19 heavy (non-hydrogen) atoms. The molecular formula is C14H15FN2O2. The molecule has 0 aliphatic carbocycles. The van der Waals surface area contributed by atoms with Crippen LogP contribution in [-0.2, 0) is 4.74 Å². The minimum Gasteiger partial charge on any atom is -0.385 e. The zero-order valence-electron chi connectivity index (χ0n) is 10.6. The lowest BCUT2D eigenvalue weighted by Crippen LogP contribution is -2.25. The topological polar surface area (TPSA) is 51.2 Å². The summed E-state index contributed by atoms with van der Waals surface area (Å²) in [6, 6.07) is 6.31. The summed E-state index contributed by atoms with van der Waals surface area (Å²) >= 11 is 0. The van der Waals surface area contributed by atoms with E-state index >= 15 is 0 Å². The molecule has 1 amide bonds. The van der Waals surface area contributed by atoms with Crippen molar-refractivity contribution in [1.82, 2.24) is 10.3 Å². The molecule has 1 aromatic carbocycles. The molecule has 0 fully saturated rings. The Morgan fingerprint density at radius 1 is 1.47 bits per heavy atom. The van der Waals surface area contributed by atoms with Crippen molar-refractivity contribution in [2.24, 2.45) is 0 Å². The Morgan fingerprint density at radius 3 is 3.11 bits per heavy atom. The predicted octanol–water partition coefficient (Wildman–Crippen LogP) is 2.14. The Balaban J connectivity index is 2.10. The summed E-state index contributed by atoms with van der Waals surface area (Å²) in [5.41, 5.74) is 0.703. The molecule has 5 heteroatoms. The number of halogens is 1. The highest BCUT2D eigenvalue weighted by atomic mass is 19.1. The first-order valence-corrected chi connectivity index (χ1v) is 6.04. The van der Waals surface area contributed by atoms with E-state index in [0.717, 1.165) is 6.42 Å². The second-order valence-electron chi connectivity index (χ2n) is 4.14. The number of carbonyl (C=O) groups is 1. The zero-order chi connectivity index (χ0) is 13.7. The first-order chi connectivity index (χ1) is 9.22. The third-order valence-corrected chi connectivity index (χ3v) is 2.73. The molecule has 2 aromatic rings. The van der Waals surface area contributed by atoms with Crippen molar-refractivity contribution in [1.29, 1.82) is 0 Å². The molecule has 0 bridgehead atoms. The van der Waals surface area contributed by atoms with E-state index in [1.165, 1.54) is 12.3 Å². The number of amides is 1. The van der Waals surface area contributed by atoms with Crippen molar-refractivity contribution in [3.63, 3.8) is 0 Å². The van der Waals surface area contributed by atoms with Gasteiger partial charge in [-0.3, -0.25) is 9.78 Å². The number of nitrogens with one attached hydrogen (secondary N) is 1. The molecule has 2 rings (SSSR count). The normalized spacial score (nSPS) is 10.6. The maximum Gasteiger partial charge on any atom is 0.252 e. The summed E-state index contributed by atoms with van der Waals surface area (Å²) < 4.78 is 18.3. The van der Waals surface area contributed by atoms with Crippen LogP contribution in [0.1, 0.15) is 16.8 Å². The van der Waals surface area contributed by atoms with Crippen molar-refractivity contribution in [2.45, 2.75) is 6.42 Å². The Bertz CT molecular complexity index is 587. The molecule has 1 N–H and O–H groups in total. The lowest BCUT2D eigenvalue weighted by molar-refractivity contribution is 0.0948. The quantitative estimate of drug-likeness (QED) is 0.840. The number of fused-ring (bicyclic) bond motifs is 1. The number of para-hydroxylation sites is 1. The lowest BCUT2D eigenvalue weighted by Gasteiger charge is -2.06. The van der Waals surface area contributed by atoms with Crippen LogP contribution < -0.4 is 5.32 Å². The van der Waals surface area contributed by atoms with Gasteiger partial charge in [-0.15, -0.1) is 0 Å². The van der Waals surface area contributed by atoms with Gasteiger partial charge in [-0.05, 0) is 18.6 Å². The van der Waals surface area contributed by atoms with Crippen LogP contribution >= 0.6 is 0 Å². The van der Waals surface area contributed by atoms with Gasteiger partial charge in [0, 0.05) is 31.8 Å². The van der Waals surface area contributed by atoms with Crippen molar-refractivity contribution in [3.8, 4) is 0 Å². The number of methoxy groups -OCH3 is 1. The Labute approximate surface area is 110 Å². The standard InChI is InChI=1S/C14H15FN2O2/c1-19-7-3-6-16-14(18)11-8-10-4-2-5-12(15)13(10)17-9-11/h2,4-5,8-9H,3,6-7H2,1H3,(H,16,18). The Morgan fingerprint density at radius 2 is 2.32 bits per heavy atom. The number of rotatable bonds is 5. The van der Waals surface area contributed by atoms with E-state index in [1.807, 2.05) is 0 Å². The Hall–Kier alpha value is -2.01. The minimum atomic E-state index is -0.385. The molecule has 0 aliphatic heterocycles. The van der Waals surface area contributed by atoms with Crippen LogP contribution in [-0.4, -0.2) is 31.2 Å². The molecule has 4 nitrogen and oxygen atoms in total. The highest BCUT2D eigenvalue weighted by Crippen LogP contribution is 2.16. The van der Waals surface area contributed by atoms with Gasteiger partial charge >= 0.3 is 0 Å². The van der Waals surface area contributed by atoms with E-state index in [1.54, 1.807) is 25.3 Å². The van der Waals surface area contributed by atoms with Gasteiger partial charge in [-0.25, -0.2) is 4.39 Å². The van der Waals surface area contributed by atoms with Gasteiger partial charge in [0.05, 0.1) is 5.56 Å². The van der Waals surface area contributed by atoms with Crippen molar-refractivity contribution in [2.75, 3.05) is 20.3 Å². The molecule has 0 atom stereocenters. The molecule has 0 aliphatic rings. The second kappa shape index (κ2) is 6.24. The maximum atomic E-state index is 13.4. The van der Waals surface area contributed by atoms with E-state index in [0.29, 0.717) is 24.1 Å². The van der Waals surface area contributed by atoms with Gasteiger partial charge in [0.2, 0.25) is 0 Å². The predicted molar refractivity (Wildman–Crippen MR) is 70.5 cm³/mol. The van der Waals surface area contributed by atoms with E-state index < -0.39 is 0 Å². The van der Waals surface area contributed by atoms with Crippen molar-refractivity contribution >= 4 is 16.8 Å². The summed E-state index contributed by atoms with van der Waals surface area (Å²) in [5, 5.41) is 3.38. The average molecular weight is 262 g/mol. The second-order valence-corrected chi connectivity index (χ2v) is 4.14. The zero-order valence-corrected chi connectivity index (χ0v) is 10.6. The number of ether oxygens (including phenoxy) is 1. The number of benzene rings is 1. The van der Waals surface area contributed by atoms with Crippen LogP contribution in [0.5, 0.6) is 0 Å². The summed E-state index contributed by atoms with van der Waals surface area (Å²) in [4.78, 5) is 15.8. The molecule has 0 saturated heterocycles. The molecule has 0 unspecified atom stereocenters. The largest absolute Gasteiger partial charge is 0.385 e. The molecule has 0 spiro atoms. The molecule has 0 saturated carbocycles. The van der Waals surface area contributed by atoms with E-state index in [4.69, 9.17) is 4.74 Å². The van der Waals surface area contributed by atoms with Gasteiger partial charge in [0.15, 0.2) is 0 Å². The monoisotopic (exact) mass is 262 g/mol. The van der Waals surface area contributed by atoms with Crippen LogP contribution in [0.25, 0.3) is 10.9 Å². The fourth-order valence-corrected chi connectivity index (χ4v) is 1.77.